The van der Waals surface area contributed by atoms with E-state index in [1.165, 1.54) is 6.07 Å². The van der Waals surface area contributed by atoms with Crippen molar-refractivity contribution in [3.05, 3.63) is 47.5 Å². The maximum absolute atomic E-state index is 13.6. The SMILES string of the molecule is Cc1c(F)cccc1-c1ccc(CN2CC[C@H](O)C2)o1. The van der Waals surface area contributed by atoms with Gasteiger partial charge in [0, 0.05) is 18.7 Å². The van der Waals surface area contributed by atoms with Gasteiger partial charge in [-0.05, 0) is 37.1 Å². The highest BCUT2D eigenvalue weighted by Gasteiger charge is 2.21. The van der Waals surface area contributed by atoms with E-state index in [9.17, 15) is 9.50 Å². The molecule has 2 aromatic rings. The van der Waals surface area contributed by atoms with Gasteiger partial charge < -0.3 is 9.52 Å². The highest BCUT2D eigenvalue weighted by molar-refractivity contribution is 5.62. The molecule has 0 aliphatic carbocycles. The number of rotatable bonds is 3. The van der Waals surface area contributed by atoms with Gasteiger partial charge in [-0.3, -0.25) is 4.90 Å². The predicted molar refractivity (Wildman–Crippen MR) is 74.7 cm³/mol. The minimum Gasteiger partial charge on any atom is -0.460 e. The Morgan fingerprint density at radius 3 is 2.95 bits per heavy atom. The van der Waals surface area contributed by atoms with Crippen molar-refractivity contribution < 1.29 is 13.9 Å². The minimum atomic E-state index is -0.227. The molecule has 0 amide bonds. The molecule has 0 spiro atoms. The van der Waals surface area contributed by atoms with E-state index in [0.717, 1.165) is 24.3 Å². The smallest absolute Gasteiger partial charge is 0.134 e. The second kappa shape index (κ2) is 5.38. The Kier molecular flexibility index (Phi) is 3.59. The number of nitrogens with zero attached hydrogens (tertiary/aromatic N) is 1. The van der Waals surface area contributed by atoms with Crippen LogP contribution in [0.15, 0.2) is 34.7 Å². The summed E-state index contributed by atoms with van der Waals surface area (Å²) in [6.45, 7) is 4.01. The molecule has 1 aliphatic heterocycles. The largest absolute Gasteiger partial charge is 0.460 e. The minimum absolute atomic E-state index is 0.219. The van der Waals surface area contributed by atoms with Crippen LogP contribution < -0.4 is 0 Å². The van der Waals surface area contributed by atoms with Crippen LogP contribution in [0, 0.1) is 12.7 Å². The van der Waals surface area contributed by atoms with E-state index in [4.69, 9.17) is 4.42 Å². The van der Waals surface area contributed by atoms with Crippen LogP contribution in [0.4, 0.5) is 4.39 Å². The summed E-state index contributed by atoms with van der Waals surface area (Å²) in [6, 6.07) is 8.81. The fourth-order valence-electron chi connectivity index (χ4n) is 2.66. The third-order valence-corrected chi connectivity index (χ3v) is 3.82. The van der Waals surface area contributed by atoms with E-state index in [1.54, 1.807) is 13.0 Å². The number of benzene rings is 1. The highest BCUT2D eigenvalue weighted by atomic mass is 19.1. The molecule has 4 heteroatoms. The molecule has 106 valence electrons. The van der Waals surface area contributed by atoms with Gasteiger partial charge in [0.25, 0.3) is 0 Å². The maximum atomic E-state index is 13.6. The van der Waals surface area contributed by atoms with Gasteiger partial charge in [-0.2, -0.15) is 0 Å². The number of hydrogen-bond donors (Lipinski definition) is 1. The highest BCUT2D eigenvalue weighted by Crippen LogP contribution is 2.27. The lowest BCUT2D eigenvalue weighted by Gasteiger charge is -2.12. The Bertz CT molecular complexity index is 608. The van der Waals surface area contributed by atoms with Crippen LogP contribution in [-0.4, -0.2) is 29.2 Å². The van der Waals surface area contributed by atoms with Crippen molar-refractivity contribution in [2.45, 2.75) is 26.0 Å². The number of likely N-dealkylation sites (tertiary alicyclic amines) is 1. The third-order valence-electron chi connectivity index (χ3n) is 3.82. The van der Waals surface area contributed by atoms with Crippen LogP contribution in [-0.2, 0) is 6.54 Å². The summed E-state index contributed by atoms with van der Waals surface area (Å²) in [6.07, 6.45) is 0.589. The first kappa shape index (κ1) is 13.3. The van der Waals surface area contributed by atoms with Crippen molar-refractivity contribution in [2.24, 2.45) is 0 Å². The quantitative estimate of drug-likeness (QED) is 0.935. The molecule has 0 bridgehead atoms. The van der Waals surface area contributed by atoms with E-state index in [0.29, 0.717) is 24.4 Å². The first-order valence-corrected chi connectivity index (χ1v) is 6.88. The molecule has 1 aromatic carbocycles. The average Bonchev–Trinajstić information content (AvgIpc) is 3.03. The van der Waals surface area contributed by atoms with E-state index in [2.05, 4.69) is 4.90 Å². The number of halogens is 1. The number of furan rings is 1. The molecular formula is C16H18FNO2. The van der Waals surface area contributed by atoms with Crippen molar-refractivity contribution in [3.8, 4) is 11.3 Å². The summed E-state index contributed by atoms with van der Waals surface area (Å²) >= 11 is 0. The molecular weight excluding hydrogens is 257 g/mol. The van der Waals surface area contributed by atoms with Gasteiger partial charge in [0.1, 0.15) is 17.3 Å². The second-order valence-corrected chi connectivity index (χ2v) is 5.36. The standard InChI is InChI=1S/C16H18FNO2/c1-11-14(3-2-4-15(11)17)16-6-5-13(20-16)10-18-8-7-12(19)9-18/h2-6,12,19H,7-10H2,1H3/t12-/m0/s1. The molecule has 1 atom stereocenters. The maximum Gasteiger partial charge on any atom is 0.134 e. The van der Waals surface area contributed by atoms with Crippen LogP contribution in [0.25, 0.3) is 11.3 Å². The fraction of sp³-hybridized carbons (Fsp3) is 0.375. The molecule has 1 aromatic heterocycles. The van der Waals surface area contributed by atoms with Crippen LogP contribution in [0.2, 0.25) is 0 Å². The van der Waals surface area contributed by atoms with Gasteiger partial charge in [0.2, 0.25) is 0 Å². The third kappa shape index (κ3) is 2.62. The Morgan fingerprint density at radius 1 is 1.35 bits per heavy atom. The van der Waals surface area contributed by atoms with Crippen LogP contribution >= 0.6 is 0 Å². The van der Waals surface area contributed by atoms with Gasteiger partial charge >= 0.3 is 0 Å². The van der Waals surface area contributed by atoms with Gasteiger partial charge in [-0.25, -0.2) is 4.39 Å². The molecule has 20 heavy (non-hydrogen) atoms. The van der Waals surface area contributed by atoms with Crippen LogP contribution in [0.1, 0.15) is 17.7 Å². The fourth-order valence-corrected chi connectivity index (χ4v) is 2.66. The Morgan fingerprint density at radius 2 is 2.20 bits per heavy atom. The number of aliphatic hydroxyl groups excluding tert-OH is 1. The monoisotopic (exact) mass is 275 g/mol. The molecule has 0 saturated carbocycles. The summed E-state index contributed by atoms with van der Waals surface area (Å²) in [7, 11) is 0. The summed E-state index contributed by atoms with van der Waals surface area (Å²) in [5.74, 6) is 1.32. The summed E-state index contributed by atoms with van der Waals surface area (Å²) in [5.41, 5.74) is 1.39. The Hall–Kier alpha value is -1.65. The lowest BCUT2D eigenvalue weighted by atomic mass is 10.1. The molecule has 2 heterocycles. The number of β-amino-alcohol motifs (C(OH)–C–C–N with tert-alkyl or cyclic N) is 1. The van der Waals surface area contributed by atoms with Crippen LogP contribution in [0.3, 0.4) is 0 Å². The van der Waals surface area contributed by atoms with Crippen molar-refractivity contribution in [3.63, 3.8) is 0 Å². The second-order valence-electron chi connectivity index (χ2n) is 5.36. The normalized spacial score (nSPS) is 19.6. The Labute approximate surface area is 117 Å². The molecule has 0 unspecified atom stereocenters. The molecule has 1 fully saturated rings. The van der Waals surface area contributed by atoms with Gasteiger partial charge in [-0.1, -0.05) is 12.1 Å². The van der Waals surface area contributed by atoms with E-state index in [1.807, 2.05) is 18.2 Å². The molecule has 3 rings (SSSR count). The van der Waals surface area contributed by atoms with Crippen LogP contribution in [0.5, 0.6) is 0 Å². The first-order valence-electron chi connectivity index (χ1n) is 6.88. The zero-order valence-electron chi connectivity index (χ0n) is 11.5. The zero-order valence-corrected chi connectivity index (χ0v) is 11.5. The topological polar surface area (TPSA) is 36.6 Å². The molecule has 1 saturated heterocycles. The Balaban J connectivity index is 1.78. The lowest BCUT2D eigenvalue weighted by Crippen LogP contribution is -2.21. The first-order chi connectivity index (χ1) is 9.63. The van der Waals surface area contributed by atoms with E-state index in [-0.39, 0.29) is 11.9 Å². The molecule has 3 nitrogen and oxygen atoms in total. The predicted octanol–water partition coefficient (Wildman–Crippen LogP) is 2.96. The van der Waals surface area contributed by atoms with Crippen molar-refractivity contribution in [1.29, 1.82) is 0 Å². The summed E-state index contributed by atoms with van der Waals surface area (Å²) < 4.78 is 19.4. The lowest BCUT2D eigenvalue weighted by molar-refractivity contribution is 0.172. The van der Waals surface area contributed by atoms with Gasteiger partial charge in [-0.15, -0.1) is 0 Å². The van der Waals surface area contributed by atoms with E-state index < -0.39 is 0 Å². The van der Waals surface area contributed by atoms with Crippen molar-refractivity contribution in [1.82, 2.24) is 4.90 Å². The van der Waals surface area contributed by atoms with Gasteiger partial charge in [0.15, 0.2) is 0 Å². The van der Waals surface area contributed by atoms with E-state index >= 15 is 0 Å². The molecule has 0 radical (unpaired) electrons. The number of aliphatic hydroxyl groups is 1. The van der Waals surface area contributed by atoms with Crippen molar-refractivity contribution >= 4 is 0 Å². The molecule has 1 N–H and O–H groups in total. The summed E-state index contributed by atoms with van der Waals surface area (Å²) in [5, 5.41) is 9.51. The average molecular weight is 275 g/mol. The van der Waals surface area contributed by atoms with Gasteiger partial charge in [0.05, 0.1) is 12.6 Å². The zero-order chi connectivity index (χ0) is 14.1. The number of hydrogen-bond acceptors (Lipinski definition) is 3. The van der Waals surface area contributed by atoms with Crippen molar-refractivity contribution in [2.75, 3.05) is 13.1 Å². The summed E-state index contributed by atoms with van der Waals surface area (Å²) in [4.78, 5) is 2.16. The molecule has 1 aliphatic rings.